The molecule has 1 aliphatic carbocycles. The third kappa shape index (κ3) is 1.47. The van der Waals surface area contributed by atoms with Gasteiger partial charge < -0.3 is 15.4 Å². The summed E-state index contributed by atoms with van der Waals surface area (Å²) in [6.07, 6.45) is 9.99. The smallest absolute Gasteiger partial charge is 0.123 e. The molecule has 18 heavy (non-hydrogen) atoms. The molecule has 0 saturated carbocycles. The second-order valence-electron chi connectivity index (χ2n) is 5.26. The number of ether oxygens (including phenoxy) is 1. The van der Waals surface area contributed by atoms with E-state index in [1.165, 1.54) is 17.0 Å². The lowest BCUT2D eigenvalue weighted by atomic mass is 9.83. The van der Waals surface area contributed by atoms with Crippen LogP contribution < -0.4 is 10.6 Å². The molecule has 3 nitrogen and oxygen atoms in total. The topological polar surface area (TPSA) is 33.3 Å². The van der Waals surface area contributed by atoms with Gasteiger partial charge >= 0.3 is 0 Å². The number of allylic oxidation sites excluding steroid dienone is 4. The molecule has 3 heterocycles. The maximum absolute atomic E-state index is 5.78. The van der Waals surface area contributed by atoms with Gasteiger partial charge in [0.1, 0.15) is 5.76 Å². The Balaban J connectivity index is 1.77. The van der Waals surface area contributed by atoms with Gasteiger partial charge in [0.05, 0.1) is 12.5 Å². The summed E-state index contributed by atoms with van der Waals surface area (Å²) >= 11 is 0. The summed E-state index contributed by atoms with van der Waals surface area (Å²) in [5.74, 6) is 1.53. The molecule has 0 fully saturated rings. The number of hydrogen-bond donors (Lipinski definition) is 2. The van der Waals surface area contributed by atoms with Crippen LogP contribution in [0.4, 0.5) is 0 Å². The summed E-state index contributed by atoms with van der Waals surface area (Å²) in [7, 11) is 0. The Morgan fingerprint density at radius 2 is 2.11 bits per heavy atom. The Labute approximate surface area is 107 Å². The van der Waals surface area contributed by atoms with Gasteiger partial charge in [-0.25, -0.2) is 0 Å². The van der Waals surface area contributed by atoms with Gasteiger partial charge in [-0.05, 0) is 37.1 Å². The molecule has 0 saturated heterocycles. The molecular formula is C15H18N2O. The zero-order valence-electron chi connectivity index (χ0n) is 10.5. The summed E-state index contributed by atoms with van der Waals surface area (Å²) in [5.41, 5.74) is 5.76. The van der Waals surface area contributed by atoms with Crippen molar-refractivity contribution in [3.63, 3.8) is 0 Å². The molecule has 0 amide bonds. The predicted molar refractivity (Wildman–Crippen MR) is 70.6 cm³/mol. The standard InChI is InChI=1S/C15H18N2O/c1-2-11-14(18-9-1)4-3-13-15(11)10-5-7-16-8-6-12(10)17-13/h2-4,15-17H,1,5-9H2. The molecule has 0 radical (unpaired) electrons. The lowest BCUT2D eigenvalue weighted by Gasteiger charge is -2.28. The van der Waals surface area contributed by atoms with Crippen LogP contribution in [-0.2, 0) is 4.74 Å². The number of hydrogen-bond acceptors (Lipinski definition) is 3. The van der Waals surface area contributed by atoms with Gasteiger partial charge in [0.2, 0.25) is 0 Å². The lowest BCUT2D eigenvalue weighted by Crippen LogP contribution is -2.23. The normalized spacial score (nSPS) is 29.8. The molecule has 4 rings (SSSR count). The first-order valence-electron chi connectivity index (χ1n) is 6.88. The van der Waals surface area contributed by atoms with Crippen LogP contribution >= 0.6 is 0 Å². The minimum atomic E-state index is 0.445. The fraction of sp³-hybridized carbons (Fsp3) is 0.467. The minimum Gasteiger partial charge on any atom is -0.493 e. The monoisotopic (exact) mass is 242 g/mol. The highest BCUT2D eigenvalue weighted by Gasteiger charge is 2.36. The van der Waals surface area contributed by atoms with Crippen molar-refractivity contribution in [1.29, 1.82) is 0 Å². The van der Waals surface area contributed by atoms with Gasteiger partial charge in [0.25, 0.3) is 0 Å². The molecule has 0 aromatic rings. The molecular weight excluding hydrogens is 224 g/mol. The van der Waals surface area contributed by atoms with Crippen molar-refractivity contribution in [3.8, 4) is 0 Å². The van der Waals surface area contributed by atoms with Gasteiger partial charge in [0.15, 0.2) is 0 Å². The summed E-state index contributed by atoms with van der Waals surface area (Å²) in [6.45, 7) is 3.01. The highest BCUT2D eigenvalue weighted by molar-refractivity contribution is 5.53. The molecule has 3 heteroatoms. The van der Waals surface area contributed by atoms with E-state index >= 15 is 0 Å². The van der Waals surface area contributed by atoms with Gasteiger partial charge in [-0.15, -0.1) is 0 Å². The van der Waals surface area contributed by atoms with E-state index in [0.717, 1.165) is 44.7 Å². The van der Waals surface area contributed by atoms with E-state index in [0.29, 0.717) is 5.92 Å². The zero-order valence-corrected chi connectivity index (χ0v) is 10.5. The Kier molecular flexibility index (Phi) is 2.33. The molecule has 0 aromatic carbocycles. The average molecular weight is 242 g/mol. The Morgan fingerprint density at radius 3 is 3.11 bits per heavy atom. The Morgan fingerprint density at radius 1 is 1.17 bits per heavy atom. The van der Waals surface area contributed by atoms with E-state index in [1.807, 2.05) is 0 Å². The minimum absolute atomic E-state index is 0.445. The Bertz CT molecular complexity index is 511. The van der Waals surface area contributed by atoms with E-state index in [1.54, 1.807) is 5.57 Å². The van der Waals surface area contributed by atoms with Crippen molar-refractivity contribution >= 4 is 0 Å². The van der Waals surface area contributed by atoms with Crippen molar-refractivity contribution in [1.82, 2.24) is 10.6 Å². The summed E-state index contributed by atoms with van der Waals surface area (Å²) in [6, 6.07) is 0. The molecule has 3 aliphatic heterocycles. The van der Waals surface area contributed by atoms with Crippen LogP contribution in [-0.4, -0.2) is 19.7 Å². The fourth-order valence-electron chi connectivity index (χ4n) is 3.40. The maximum atomic E-state index is 5.78. The van der Waals surface area contributed by atoms with E-state index in [4.69, 9.17) is 4.74 Å². The largest absolute Gasteiger partial charge is 0.493 e. The SMILES string of the molecule is C1=C2OCCC=C2C2C(=C1)NC1=C2CCNCC1. The van der Waals surface area contributed by atoms with Crippen molar-refractivity contribution in [2.45, 2.75) is 19.3 Å². The summed E-state index contributed by atoms with van der Waals surface area (Å²) < 4.78 is 5.78. The third-order valence-corrected chi connectivity index (χ3v) is 4.21. The fourth-order valence-corrected chi connectivity index (χ4v) is 3.40. The van der Waals surface area contributed by atoms with Crippen LogP contribution in [0.1, 0.15) is 19.3 Å². The molecule has 1 unspecified atom stereocenters. The highest BCUT2D eigenvalue weighted by Crippen LogP contribution is 2.44. The number of fused-ring (bicyclic) bond motifs is 4. The Hall–Kier alpha value is -1.48. The zero-order chi connectivity index (χ0) is 11.9. The van der Waals surface area contributed by atoms with Crippen molar-refractivity contribution in [2.75, 3.05) is 19.7 Å². The van der Waals surface area contributed by atoms with E-state index in [9.17, 15) is 0 Å². The van der Waals surface area contributed by atoms with Crippen LogP contribution in [0.5, 0.6) is 0 Å². The van der Waals surface area contributed by atoms with Crippen LogP contribution in [0.2, 0.25) is 0 Å². The van der Waals surface area contributed by atoms with Gasteiger partial charge in [-0.3, -0.25) is 0 Å². The lowest BCUT2D eigenvalue weighted by molar-refractivity contribution is 0.210. The second kappa shape index (κ2) is 4.02. The van der Waals surface area contributed by atoms with Crippen molar-refractivity contribution < 1.29 is 4.74 Å². The first kappa shape index (κ1) is 10.4. The molecule has 1 atom stereocenters. The molecule has 94 valence electrons. The van der Waals surface area contributed by atoms with Gasteiger partial charge in [-0.2, -0.15) is 0 Å². The first-order chi connectivity index (χ1) is 8.93. The van der Waals surface area contributed by atoms with Crippen LogP contribution in [0.15, 0.2) is 46.5 Å². The number of nitrogens with one attached hydrogen (secondary N) is 2. The van der Waals surface area contributed by atoms with E-state index in [2.05, 4.69) is 28.9 Å². The first-order valence-corrected chi connectivity index (χ1v) is 6.88. The molecule has 0 aromatic heterocycles. The second-order valence-corrected chi connectivity index (χ2v) is 5.26. The van der Waals surface area contributed by atoms with Crippen LogP contribution in [0.25, 0.3) is 0 Å². The molecule has 0 spiro atoms. The quantitative estimate of drug-likeness (QED) is 0.681. The van der Waals surface area contributed by atoms with Crippen molar-refractivity contribution in [2.24, 2.45) is 5.92 Å². The molecule has 4 aliphatic rings. The third-order valence-electron chi connectivity index (χ3n) is 4.21. The summed E-state index contributed by atoms with van der Waals surface area (Å²) in [4.78, 5) is 0. The highest BCUT2D eigenvalue weighted by atomic mass is 16.5. The molecule has 0 bridgehead atoms. The van der Waals surface area contributed by atoms with E-state index in [-0.39, 0.29) is 0 Å². The van der Waals surface area contributed by atoms with Crippen LogP contribution in [0.3, 0.4) is 0 Å². The van der Waals surface area contributed by atoms with E-state index < -0.39 is 0 Å². The van der Waals surface area contributed by atoms with Crippen molar-refractivity contribution in [3.05, 3.63) is 46.5 Å². The van der Waals surface area contributed by atoms with Gasteiger partial charge in [-0.1, -0.05) is 6.08 Å². The summed E-state index contributed by atoms with van der Waals surface area (Å²) in [5, 5.41) is 7.10. The van der Waals surface area contributed by atoms with Gasteiger partial charge in [0, 0.05) is 29.9 Å². The average Bonchev–Trinajstić information content (AvgIpc) is 2.61. The maximum Gasteiger partial charge on any atom is 0.123 e. The molecule has 2 N–H and O–H groups in total. The number of rotatable bonds is 0. The predicted octanol–water partition coefficient (Wildman–Crippen LogP) is 1.97. The van der Waals surface area contributed by atoms with Crippen LogP contribution in [0, 0.1) is 5.92 Å².